The molecule has 3 heteroatoms. The van der Waals surface area contributed by atoms with Crippen LogP contribution in [0, 0.1) is 10.8 Å². The number of nitrogens with one attached hydrogen (secondary N) is 1. The van der Waals surface area contributed by atoms with Crippen LogP contribution in [0.15, 0.2) is 0 Å². The summed E-state index contributed by atoms with van der Waals surface area (Å²) in [4.78, 5) is 0. The lowest BCUT2D eigenvalue weighted by Gasteiger charge is -2.32. The highest BCUT2D eigenvalue weighted by Crippen LogP contribution is 2.33. The average molecular weight is 341 g/mol. The van der Waals surface area contributed by atoms with Crippen molar-refractivity contribution >= 4 is 22.6 Å². The molecule has 98 valence electrons. The maximum Gasteiger partial charge on any atom is 0.0591 e. The molecule has 0 saturated carbocycles. The van der Waals surface area contributed by atoms with Crippen LogP contribution in [0.1, 0.15) is 48.0 Å². The molecule has 0 aromatic carbocycles. The molecule has 0 fully saturated rings. The monoisotopic (exact) mass is 341 g/mol. The van der Waals surface area contributed by atoms with Gasteiger partial charge in [0.05, 0.1) is 17.3 Å². The molecule has 0 aromatic rings. The highest BCUT2D eigenvalue weighted by molar-refractivity contribution is 14.1. The zero-order chi connectivity index (χ0) is 12.8. The van der Waals surface area contributed by atoms with Crippen LogP contribution in [0.25, 0.3) is 0 Å². The van der Waals surface area contributed by atoms with Crippen LogP contribution in [-0.4, -0.2) is 23.8 Å². The van der Waals surface area contributed by atoms with Crippen molar-refractivity contribution in [3.05, 3.63) is 0 Å². The van der Waals surface area contributed by atoms with E-state index in [1.165, 1.54) is 6.42 Å². The van der Waals surface area contributed by atoms with Crippen LogP contribution < -0.4 is 5.32 Å². The fourth-order valence-electron chi connectivity index (χ4n) is 2.17. The van der Waals surface area contributed by atoms with E-state index in [4.69, 9.17) is 4.74 Å². The molecule has 0 saturated heterocycles. The van der Waals surface area contributed by atoms with Crippen molar-refractivity contribution in [3.63, 3.8) is 0 Å². The molecule has 0 bridgehead atoms. The predicted molar refractivity (Wildman–Crippen MR) is 80.2 cm³/mol. The summed E-state index contributed by atoms with van der Waals surface area (Å²) in [5.74, 6) is 0. The van der Waals surface area contributed by atoms with Gasteiger partial charge in [-0.1, -0.05) is 57.2 Å². The maximum absolute atomic E-state index is 5.73. The maximum atomic E-state index is 5.73. The summed E-state index contributed by atoms with van der Waals surface area (Å²) >= 11 is 2.36. The van der Waals surface area contributed by atoms with Gasteiger partial charge in [0.15, 0.2) is 0 Å². The minimum Gasteiger partial charge on any atom is -0.380 e. The normalized spacial score (nSPS) is 15.2. The lowest BCUT2D eigenvalue weighted by Crippen LogP contribution is -2.29. The third kappa shape index (κ3) is 11.1. The van der Waals surface area contributed by atoms with Crippen molar-refractivity contribution in [2.45, 2.75) is 52.0 Å². The molecule has 0 aliphatic rings. The average Bonchev–Trinajstić information content (AvgIpc) is 1.97. The number of hydrogen-bond acceptors (Lipinski definition) is 2. The van der Waals surface area contributed by atoms with E-state index in [-0.39, 0.29) is 5.41 Å². The molecular weight excluding hydrogens is 313 g/mol. The fraction of sp³-hybridized carbons (Fsp3) is 1.00. The van der Waals surface area contributed by atoms with Crippen LogP contribution >= 0.6 is 22.6 Å². The Kier molecular flexibility index (Phi) is 7.46. The van der Waals surface area contributed by atoms with Gasteiger partial charge in [-0.15, -0.1) is 0 Å². The molecule has 0 aliphatic heterocycles. The smallest absolute Gasteiger partial charge is 0.0591 e. The highest BCUT2D eigenvalue weighted by Gasteiger charge is 2.25. The Morgan fingerprint density at radius 2 is 1.75 bits per heavy atom. The zero-order valence-corrected chi connectivity index (χ0v) is 13.8. The molecule has 1 atom stereocenters. The standard InChI is InChI=1S/C13H28INO/c1-11(14)15-7-8-16-10-13(5,6)9-12(2,3)4/h11,15H,7-10H2,1-6H3. The molecule has 0 aliphatic carbocycles. The second kappa shape index (κ2) is 7.17. The largest absolute Gasteiger partial charge is 0.380 e. The van der Waals surface area contributed by atoms with Crippen LogP contribution in [0.3, 0.4) is 0 Å². The second-order valence-electron chi connectivity index (χ2n) is 6.52. The van der Waals surface area contributed by atoms with E-state index in [1.54, 1.807) is 0 Å². The van der Waals surface area contributed by atoms with Crippen molar-refractivity contribution in [2.75, 3.05) is 19.8 Å². The van der Waals surface area contributed by atoms with Gasteiger partial charge in [0.1, 0.15) is 0 Å². The van der Waals surface area contributed by atoms with Crippen molar-refractivity contribution in [1.29, 1.82) is 0 Å². The van der Waals surface area contributed by atoms with Gasteiger partial charge in [0, 0.05) is 6.54 Å². The number of hydrogen-bond donors (Lipinski definition) is 1. The molecule has 0 rings (SSSR count). The van der Waals surface area contributed by atoms with E-state index < -0.39 is 0 Å². The van der Waals surface area contributed by atoms with Crippen molar-refractivity contribution < 1.29 is 4.74 Å². The molecule has 0 radical (unpaired) electrons. The first kappa shape index (κ1) is 16.6. The van der Waals surface area contributed by atoms with Gasteiger partial charge in [-0.2, -0.15) is 0 Å². The van der Waals surface area contributed by atoms with Gasteiger partial charge < -0.3 is 10.1 Å². The Morgan fingerprint density at radius 1 is 1.19 bits per heavy atom. The lowest BCUT2D eigenvalue weighted by molar-refractivity contribution is 0.0412. The minimum atomic E-state index is 0.272. The molecule has 1 unspecified atom stereocenters. The quantitative estimate of drug-likeness (QED) is 0.329. The minimum absolute atomic E-state index is 0.272. The summed E-state index contributed by atoms with van der Waals surface area (Å²) in [6.07, 6.45) is 1.19. The van der Waals surface area contributed by atoms with Gasteiger partial charge in [0.25, 0.3) is 0 Å². The van der Waals surface area contributed by atoms with Gasteiger partial charge in [-0.25, -0.2) is 0 Å². The van der Waals surface area contributed by atoms with E-state index in [0.717, 1.165) is 19.8 Å². The summed E-state index contributed by atoms with van der Waals surface area (Å²) in [7, 11) is 0. The highest BCUT2D eigenvalue weighted by atomic mass is 127. The molecule has 16 heavy (non-hydrogen) atoms. The van der Waals surface area contributed by atoms with Gasteiger partial charge >= 0.3 is 0 Å². The third-order valence-electron chi connectivity index (χ3n) is 2.17. The summed E-state index contributed by atoms with van der Waals surface area (Å²) in [6.45, 7) is 16.2. The van der Waals surface area contributed by atoms with Crippen LogP contribution in [0.2, 0.25) is 0 Å². The molecule has 2 nitrogen and oxygen atoms in total. The number of rotatable bonds is 7. The molecule has 0 amide bonds. The third-order valence-corrected chi connectivity index (χ3v) is 2.61. The first-order chi connectivity index (χ1) is 7.12. The SMILES string of the molecule is CC(I)NCCOCC(C)(C)CC(C)(C)C. The van der Waals surface area contributed by atoms with Crippen LogP contribution in [-0.2, 0) is 4.74 Å². The van der Waals surface area contributed by atoms with Crippen LogP contribution in [0.5, 0.6) is 0 Å². The first-order valence-corrected chi connectivity index (χ1v) is 7.32. The van der Waals surface area contributed by atoms with E-state index in [2.05, 4.69) is 69.5 Å². The van der Waals surface area contributed by atoms with E-state index in [9.17, 15) is 0 Å². The summed E-state index contributed by atoms with van der Waals surface area (Å²) in [5, 5.41) is 3.34. The summed E-state index contributed by atoms with van der Waals surface area (Å²) in [5.41, 5.74) is 0.649. The van der Waals surface area contributed by atoms with Gasteiger partial charge in [-0.05, 0) is 24.2 Å². The van der Waals surface area contributed by atoms with Crippen LogP contribution in [0.4, 0.5) is 0 Å². The van der Waals surface area contributed by atoms with E-state index >= 15 is 0 Å². The number of halogens is 1. The topological polar surface area (TPSA) is 21.3 Å². The zero-order valence-electron chi connectivity index (χ0n) is 11.7. The predicted octanol–water partition coefficient (Wildman–Crippen LogP) is 3.84. The Hall–Kier alpha value is 0.650. The summed E-state index contributed by atoms with van der Waals surface area (Å²) < 4.78 is 6.25. The number of ether oxygens (including phenoxy) is 1. The fourth-order valence-corrected chi connectivity index (χ4v) is 2.48. The van der Waals surface area contributed by atoms with Crippen molar-refractivity contribution in [1.82, 2.24) is 5.32 Å². The molecule has 0 spiro atoms. The van der Waals surface area contributed by atoms with Gasteiger partial charge in [0.2, 0.25) is 0 Å². The number of alkyl halides is 1. The molecular formula is C13H28INO. The lowest BCUT2D eigenvalue weighted by atomic mass is 9.77. The summed E-state index contributed by atoms with van der Waals surface area (Å²) in [6, 6.07) is 0. The first-order valence-electron chi connectivity index (χ1n) is 6.08. The second-order valence-corrected chi connectivity index (χ2v) is 8.39. The van der Waals surface area contributed by atoms with E-state index in [1.807, 2.05) is 0 Å². The molecule has 1 N–H and O–H groups in total. The van der Waals surface area contributed by atoms with Crippen molar-refractivity contribution in [3.8, 4) is 0 Å². The Labute approximate surface area is 115 Å². The molecule has 0 aromatic heterocycles. The van der Waals surface area contributed by atoms with Crippen molar-refractivity contribution in [2.24, 2.45) is 10.8 Å². The van der Waals surface area contributed by atoms with Gasteiger partial charge in [-0.3, -0.25) is 0 Å². The molecule has 0 heterocycles. The Morgan fingerprint density at radius 3 is 2.19 bits per heavy atom. The Balaban J connectivity index is 3.66. The Bertz CT molecular complexity index is 185. The van der Waals surface area contributed by atoms with E-state index in [0.29, 0.717) is 9.46 Å².